The lowest BCUT2D eigenvalue weighted by Crippen LogP contribution is -2.44. The smallest absolute Gasteiger partial charge is 0.264 e. The van der Waals surface area contributed by atoms with Gasteiger partial charge >= 0.3 is 0 Å². The highest BCUT2D eigenvalue weighted by Gasteiger charge is 2.52. The third kappa shape index (κ3) is 3.91. The summed E-state index contributed by atoms with van der Waals surface area (Å²) in [6, 6.07) is 5.30. The van der Waals surface area contributed by atoms with Crippen LogP contribution in [0.5, 0.6) is 0 Å². The van der Waals surface area contributed by atoms with Crippen molar-refractivity contribution < 1.29 is 19.8 Å². The predicted molar refractivity (Wildman–Crippen MR) is 115 cm³/mol. The van der Waals surface area contributed by atoms with Gasteiger partial charge in [-0.1, -0.05) is 41.1 Å². The van der Waals surface area contributed by atoms with Crippen LogP contribution in [0.1, 0.15) is 31.7 Å². The molecule has 0 spiro atoms. The minimum absolute atomic E-state index is 0.0229. The van der Waals surface area contributed by atoms with E-state index in [0.717, 1.165) is 17.3 Å². The molecule has 0 bridgehead atoms. The summed E-state index contributed by atoms with van der Waals surface area (Å²) in [7, 11) is 0. The Morgan fingerprint density at radius 3 is 2.93 bits per heavy atom. The van der Waals surface area contributed by atoms with Crippen LogP contribution in [0.15, 0.2) is 47.5 Å². The normalized spacial score (nSPS) is 25.0. The average molecular weight is 463 g/mol. The zero-order chi connectivity index (χ0) is 21.2. The number of nitrogens with zero attached hydrogens (tertiary/aromatic N) is 2. The Labute approximate surface area is 179 Å². The Hall–Kier alpha value is -1.96. The number of hydrogen-bond acceptors (Lipinski definition) is 4. The molecule has 0 aromatic heterocycles. The van der Waals surface area contributed by atoms with Crippen LogP contribution in [0.2, 0.25) is 0 Å². The molecule has 0 unspecified atom stereocenters. The molecular formula is C22H27BrN2O4. The standard InChI is InChI=1S/C22H27BrN2O4/c1-3-11-25-19-10-9-16(23)13-18(19)22(29,21(25)28)15(2)6-4-8-20(27)24-12-5-7-17(24)14-26/h3-4,6,9-10,13,15,17,26,29H,1,5,7-8,11-12,14H2,2H3/b6-4+/t15-,17+,22+/m1/s1. The van der Waals surface area contributed by atoms with E-state index >= 15 is 0 Å². The molecule has 0 saturated carbocycles. The number of fused-ring (bicyclic) bond motifs is 1. The number of halogens is 1. The van der Waals surface area contributed by atoms with Gasteiger partial charge in [-0.05, 0) is 31.0 Å². The van der Waals surface area contributed by atoms with E-state index in [0.29, 0.717) is 24.3 Å². The third-order valence-electron chi connectivity index (χ3n) is 5.83. The van der Waals surface area contributed by atoms with E-state index < -0.39 is 17.4 Å². The lowest BCUT2D eigenvalue weighted by atomic mass is 9.83. The van der Waals surface area contributed by atoms with Crippen molar-refractivity contribution in [3.63, 3.8) is 0 Å². The molecule has 2 aliphatic rings. The average Bonchev–Trinajstić information content (AvgIpc) is 3.26. The van der Waals surface area contributed by atoms with Crippen molar-refractivity contribution in [3.05, 3.63) is 53.0 Å². The van der Waals surface area contributed by atoms with Gasteiger partial charge < -0.3 is 20.0 Å². The highest BCUT2D eigenvalue weighted by molar-refractivity contribution is 9.10. The molecule has 3 rings (SSSR count). The summed E-state index contributed by atoms with van der Waals surface area (Å²) in [6.07, 6.45) is 6.95. The number of benzene rings is 1. The van der Waals surface area contributed by atoms with Gasteiger partial charge in [-0.25, -0.2) is 0 Å². The molecule has 2 heterocycles. The van der Waals surface area contributed by atoms with Gasteiger partial charge in [-0.2, -0.15) is 0 Å². The van der Waals surface area contributed by atoms with Gasteiger partial charge in [0.15, 0.2) is 5.60 Å². The zero-order valence-corrected chi connectivity index (χ0v) is 18.1. The Kier molecular flexibility index (Phi) is 6.61. The van der Waals surface area contributed by atoms with E-state index in [1.54, 1.807) is 42.2 Å². The zero-order valence-electron chi connectivity index (χ0n) is 16.6. The van der Waals surface area contributed by atoms with Crippen molar-refractivity contribution in [2.75, 3.05) is 24.6 Å². The van der Waals surface area contributed by atoms with Crippen molar-refractivity contribution in [3.8, 4) is 0 Å². The van der Waals surface area contributed by atoms with Crippen LogP contribution < -0.4 is 4.90 Å². The van der Waals surface area contributed by atoms with Crippen LogP contribution in [-0.2, 0) is 15.2 Å². The SMILES string of the molecule is C=CCN1C(=O)[C@](O)([C@H](C)/C=C/CC(=O)N2CCC[C@H]2CO)c2cc(Br)ccc21. The van der Waals surface area contributed by atoms with Crippen molar-refractivity contribution in [2.45, 2.75) is 37.8 Å². The lowest BCUT2D eigenvalue weighted by molar-refractivity contribution is -0.139. The molecule has 2 N–H and O–H groups in total. The second-order valence-electron chi connectivity index (χ2n) is 7.62. The molecule has 1 saturated heterocycles. The maximum Gasteiger partial charge on any atom is 0.264 e. The molecule has 6 nitrogen and oxygen atoms in total. The van der Waals surface area contributed by atoms with Crippen LogP contribution >= 0.6 is 15.9 Å². The number of carbonyl (C=O) groups is 2. The predicted octanol–water partition coefficient (Wildman–Crippen LogP) is 2.74. The molecule has 2 amide bonds. The molecule has 1 fully saturated rings. The van der Waals surface area contributed by atoms with Crippen molar-refractivity contribution >= 4 is 33.4 Å². The quantitative estimate of drug-likeness (QED) is 0.610. The largest absolute Gasteiger partial charge is 0.394 e. The second kappa shape index (κ2) is 8.81. The maximum atomic E-state index is 13.1. The van der Waals surface area contributed by atoms with Gasteiger partial charge in [0.1, 0.15) is 0 Å². The van der Waals surface area contributed by atoms with Gasteiger partial charge in [-0.3, -0.25) is 9.59 Å². The van der Waals surface area contributed by atoms with E-state index in [2.05, 4.69) is 22.5 Å². The first-order valence-corrected chi connectivity index (χ1v) is 10.7. The highest BCUT2D eigenvalue weighted by atomic mass is 79.9. The molecule has 29 heavy (non-hydrogen) atoms. The second-order valence-corrected chi connectivity index (χ2v) is 8.53. The summed E-state index contributed by atoms with van der Waals surface area (Å²) in [5, 5.41) is 20.8. The monoisotopic (exact) mass is 462 g/mol. The number of aliphatic hydroxyl groups excluding tert-OH is 1. The first kappa shape index (κ1) is 21.7. The molecule has 3 atom stereocenters. The number of likely N-dealkylation sites (tertiary alicyclic amines) is 1. The maximum absolute atomic E-state index is 13.1. The number of rotatable bonds is 7. The number of carbonyl (C=O) groups excluding carboxylic acids is 2. The highest BCUT2D eigenvalue weighted by Crippen LogP contribution is 2.46. The summed E-state index contributed by atoms with van der Waals surface area (Å²) >= 11 is 3.42. The number of anilines is 1. The van der Waals surface area contributed by atoms with Crippen molar-refractivity contribution in [2.24, 2.45) is 5.92 Å². The molecule has 0 aliphatic carbocycles. The lowest BCUT2D eigenvalue weighted by Gasteiger charge is -2.27. The number of hydrogen-bond donors (Lipinski definition) is 2. The Morgan fingerprint density at radius 2 is 2.24 bits per heavy atom. The minimum Gasteiger partial charge on any atom is -0.394 e. The Balaban J connectivity index is 1.79. The molecular weight excluding hydrogens is 436 g/mol. The molecule has 156 valence electrons. The van der Waals surface area contributed by atoms with Gasteiger partial charge in [0.2, 0.25) is 5.91 Å². The minimum atomic E-state index is -1.71. The summed E-state index contributed by atoms with van der Waals surface area (Å²) in [5.41, 5.74) is -0.495. The van der Waals surface area contributed by atoms with Crippen LogP contribution in [-0.4, -0.2) is 52.7 Å². The summed E-state index contributed by atoms with van der Waals surface area (Å²) < 4.78 is 0.776. The van der Waals surface area contributed by atoms with E-state index in [1.807, 2.05) is 6.07 Å². The summed E-state index contributed by atoms with van der Waals surface area (Å²) in [4.78, 5) is 28.8. The molecule has 1 aromatic carbocycles. The first-order valence-electron chi connectivity index (χ1n) is 9.86. The molecule has 2 aliphatic heterocycles. The Bertz CT molecular complexity index is 840. The summed E-state index contributed by atoms with van der Waals surface area (Å²) in [5.74, 6) is -0.974. The van der Waals surface area contributed by atoms with Gasteiger partial charge in [0.05, 0.1) is 18.3 Å². The van der Waals surface area contributed by atoms with Crippen LogP contribution in [0.3, 0.4) is 0 Å². The summed E-state index contributed by atoms with van der Waals surface area (Å²) in [6.45, 7) is 6.42. The Morgan fingerprint density at radius 1 is 1.48 bits per heavy atom. The van der Waals surface area contributed by atoms with E-state index in [-0.39, 0.29) is 25.0 Å². The fraction of sp³-hybridized carbons (Fsp3) is 0.455. The molecule has 0 radical (unpaired) electrons. The number of amides is 2. The topological polar surface area (TPSA) is 81.1 Å². The molecule has 7 heteroatoms. The van der Waals surface area contributed by atoms with E-state index in [9.17, 15) is 19.8 Å². The number of aliphatic hydroxyl groups is 2. The van der Waals surface area contributed by atoms with Gasteiger partial charge in [0.25, 0.3) is 5.91 Å². The molecule has 1 aromatic rings. The van der Waals surface area contributed by atoms with Crippen LogP contribution in [0.4, 0.5) is 5.69 Å². The van der Waals surface area contributed by atoms with E-state index in [4.69, 9.17) is 0 Å². The fourth-order valence-electron chi connectivity index (χ4n) is 4.21. The first-order chi connectivity index (χ1) is 13.8. The van der Waals surface area contributed by atoms with Crippen LogP contribution in [0.25, 0.3) is 0 Å². The van der Waals surface area contributed by atoms with Gasteiger partial charge in [0, 0.05) is 35.5 Å². The fourth-order valence-corrected chi connectivity index (χ4v) is 4.57. The van der Waals surface area contributed by atoms with Crippen LogP contribution in [0, 0.1) is 5.92 Å². The van der Waals surface area contributed by atoms with Crippen molar-refractivity contribution in [1.82, 2.24) is 4.90 Å². The van der Waals surface area contributed by atoms with Gasteiger partial charge in [-0.15, -0.1) is 6.58 Å². The van der Waals surface area contributed by atoms with E-state index in [1.165, 1.54) is 4.90 Å². The van der Waals surface area contributed by atoms with Crippen molar-refractivity contribution in [1.29, 1.82) is 0 Å². The third-order valence-corrected chi connectivity index (χ3v) is 6.32.